The van der Waals surface area contributed by atoms with Crippen LogP contribution in [0.3, 0.4) is 0 Å². The Labute approximate surface area is 110 Å². The van der Waals surface area contributed by atoms with Crippen molar-refractivity contribution < 1.29 is 27.5 Å². The van der Waals surface area contributed by atoms with Gasteiger partial charge in [-0.1, -0.05) is 6.07 Å². The van der Waals surface area contributed by atoms with E-state index in [0.29, 0.717) is 12.1 Å². The van der Waals surface area contributed by atoms with Crippen LogP contribution in [0.5, 0.6) is 0 Å². The van der Waals surface area contributed by atoms with Crippen LogP contribution in [0.2, 0.25) is 0 Å². The van der Waals surface area contributed by atoms with Gasteiger partial charge in [0.25, 0.3) is 0 Å². The van der Waals surface area contributed by atoms with Crippen LogP contribution in [0.15, 0.2) is 36.7 Å². The van der Waals surface area contributed by atoms with Crippen LogP contribution in [0.4, 0.5) is 17.6 Å². The van der Waals surface area contributed by atoms with Crippen LogP contribution in [0.25, 0.3) is 11.1 Å². The topological polar surface area (TPSA) is 50.2 Å². The Morgan fingerprint density at radius 1 is 1.10 bits per heavy atom. The maximum Gasteiger partial charge on any atom is 0.419 e. The van der Waals surface area contributed by atoms with Gasteiger partial charge in [0.15, 0.2) is 0 Å². The SMILES string of the molecule is O=C(O)c1cncc(-c2ccc(F)c(C(F)(F)F)c2)c1. The molecule has 1 aromatic heterocycles. The van der Waals surface area contributed by atoms with Crippen LogP contribution in [0.1, 0.15) is 15.9 Å². The van der Waals surface area contributed by atoms with Crippen molar-refractivity contribution in [2.75, 3.05) is 0 Å². The van der Waals surface area contributed by atoms with Gasteiger partial charge in [-0.15, -0.1) is 0 Å². The van der Waals surface area contributed by atoms with Gasteiger partial charge in [0, 0.05) is 18.0 Å². The Balaban J connectivity index is 2.54. The van der Waals surface area contributed by atoms with Crippen molar-refractivity contribution in [3.8, 4) is 11.1 Å². The molecule has 2 aromatic rings. The van der Waals surface area contributed by atoms with Crippen LogP contribution in [-0.2, 0) is 6.18 Å². The normalized spacial score (nSPS) is 11.4. The van der Waals surface area contributed by atoms with Gasteiger partial charge in [0.2, 0.25) is 0 Å². The van der Waals surface area contributed by atoms with Gasteiger partial charge < -0.3 is 5.11 Å². The highest BCUT2D eigenvalue weighted by atomic mass is 19.4. The molecule has 2 rings (SSSR count). The molecule has 0 aliphatic carbocycles. The number of hydrogen-bond donors (Lipinski definition) is 1. The zero-order valence-electron chi connectivity index (χ0n) is 9.78. The average molecular weight is 285 g/mol. The lowest BCUT2D eigenvalue weighted by Crippen LogP contribution is -2.08. The van der Waals surface area contributed by atoms with Crippen LogP contribution < -0.4 is 0 Å². The molecular weight excluding hydrogens is 278 g/mol. The van der Waals surface area contributed by atoms with Gasteiger partial charge >= 0.3 is 12.1 Å². The van der Waals surface area contributed by atoms with Crippen molar-refractivity contribution in [1.82, 2.24) is 4.98 Å². The van der Waals surface area contributed by atoms with Crippen molar-refractivity contribution >= 4 is 5.97 Å². The number of carboxylic acids is 1. The summed E-state index contributed by atoms with van der Waals surface area (Å²) in [6, 6.07) is 3.61. The van der Waals surface area contributed by atoms with E-state index in [1.54, 1.807) is 0 Å². The highest BCUT2D eigenvalue weighted by Gasteiger charge is 2.34. The summed E-state index contributed by atoms with van der Waals surface area (Å²) >= 11 is 0. The molecule has 104 valence electrons. The number of hydrogen-bond acceptors (Lipinski definition) is 2. The molecule has 0 atom stereocenters. The Morgan fingerprint density at radius 3 is 2.40 bits per heavy atom. The lowest BCUT2D eigenvalue weighted by molar-refractivity contribution is -0.139. The van der Waals surface area contributed by atoms with E-state index in [0.717, 1.165) is 12.3 Å². The van der Waals surface area contributed by atoms with Gasteiger partial charge in [0.1, 0.15) is 5.82 Å². The Kier molecular flexibility index (Phi) is 3.44. The second-order valence-electron chi connectivity index (χ2n) is 3.96. The molecule has 1 N–H and O–H groups in total. The van der Waals surface area contributed by atoms with E-state index in [4.69, 9.17) is 5.11 Å². The number of rotatable bonds is 2. The molecule has 1 heterocycles. The number of pyridine rings is 1. The number of carbonyl (C=O) groups is 1. The van der Waals surface area contributed by atoms with E-state index in [1.807, 2.05) is 0 Å². The summed E-state index contributed by atoms with van der Waals surface area (Å²) in [7, 11) is 0. The molecule has 0 aliphatic rings. The molecule has 3 nitrogen and oxygen atoms in total. The molecule has 0 amide bonds. The van der Waals surface area contributed by atoms with Crippen molar-refractivity contribution in [2.24, 2.45) is 0 Å². The highest BCUT2D eigenvalue weighted by molar-refractivity contribution is 5.88. The van der Waals surface area contributed by atoms with Crippen molar-refractivity contribution in [2.45, 2.75) is 6.18 Å². The lowest BCUT2D eigenvalue weighted by Gasteiger charge is -2.10. The van der Waals surface area contributed by atoms with Crippen molar-refractivity contribution in [3.63, 3.8) is 0 Å². The van der Waals surface area contributed by atoms with Gasteiger partial charge in [-0.2, -0.15) is 13.2 Å². The smallest absolute Gasteiger partial charge is 0.419 e. The molecule has 0 saturated heterocycles. The van der Waals surface area contributed by atoms with Crippen LogP contribution in [0, 0.1) is 5.82 Å². The summed E-state index contributed by atoms with van der Waals surface area (Å²) in [4.78, 5) is 14.4. The maximum absolute atomic E-state index is 13.2. The monoisotopic (exact) mass is 285 g/mol. The van der Waals surface area contributed by atoms with E-state index in [-0.39, 0.29) is 16.7 Å². The fourth-order valence-corrected chi connectivity index (χ4v) is 1.64. The second kappa shape index (κ2) is 4.92. The number of benzene rings is 1. The standard InChI is InChI=1S/C13H7F4NO2/c14-11-2-1-7(4-10(11)13(15,16)17)8-3-9(12(19)20)6-18-5-8/h1-6H,(H,19,20). The number of nitrogens with zero attached hydrogens (tertiary/aromatic N) is 1. The number of halogens is 4. The fourth-order valence-electron chi connectivity index (χ4n) is 1.64. The van der Waals surface area contributed by atoms with E-state index in [1.165, 1.54) is 12.3 Å². The molecule has 20 heavy (non-hydrogen) atoms. The lowest BCUT2D eigenvalue weighted by atomic mass is 10.0. The quantitative estimate of drug-likeness (QED) is 0.858. The summed E-state index contributed by atoms with van der Waals surface area (Å²) in [6.45, 7) is 0. The molecule has 7 heteroatoms. The third-order valence-corrected chi connectivity index (χ3v) is 2.59. The number of aromatic carboxylic acids is 1. The molecule has 0 aliphatic heterocycles. The molecule has 0 fully saturated rings. The third kappa shape index (κ3) is 2.76. The summed E-state index contributed by atoms with van der Waals surface area (Å²) < 4.78 is 51.0. The van der Waals surface area contributed by atoms with Crippen LogP contribution >= 0.6 is 0 Å². The van der Waals surface area contributed by atoms with E-state index < -0.39 is 23.5 Å². The first-order valence-corrected chi connectivity index (χ1v) is 5.34. The summed E-state index contributed by atoms with van der Waals surface area (Å²) in [5.41, 5.74) is -1.37. The van der Waals surface area contributed by atoms with E-state index >= 15 is 0 Å². The molecule has 0 bridgehead atoms. The predicted octanol–water partition coefficient (Wildman–Crippen LogP) is 3.60. The maximum atomic E-state index is 13.2. The Bertz CT molecular complexity index is 668. The fraction of sp³-hybridized carbons (Fsp3) is 0.0769. The van der Waals surface area contributed by atoms with Gasteiger partial charge in [0.05, 0.1) is 11.1 Å². The van der Waals surface area contributed by atoms with Crippen molar-refractivity contribution in [1.29, 1.82) is 0 Å². The molecule has 1 aromatic carbocycles. The minimum Gasteiger partial charge on any atom is -0.478 e. The Morgan fingerprint density at radius 2 is 1.80 bits per heavy atom. The molecule has 0 spiro atoms. The van der Waals surface area contributed by atoms with Gasteiger partial charge in [-0.25, -0.2) is 9.18 Å². The zero-order chi connectivity index (χ0) is 14.9. The van der Waals surface area contributed by atoms with E-state index in [2.05, 4.69) is 4.98 Å². The molecule has 0 radical (unpaired) electrons. The molecule has 0 unspecified atom stereocenters. The van der Waals surface area contributed by atoms with E-state index in [9.17, 15) is 22.4 Å². The van der Waals surface area contributed by atoms with Crippen LogP contribution in [-0.4, -0.2) is 16.1 Å². The first-order chi connectivity index (χ1) is 9.29. The largest absolute Gasteiger partial charge is 0.478 e. The second-order valence-corrected chi connectivity index (χ2v) is 3.96. The number of carboxylic acid groups (broad SMARTS) is 1. The summed E-state index contributed by atoms with van der Waals surface area (Å²) in [5.74, 6) is -2.64. The third-order valence-electron chi connectivity index (χ3n) is 2.59. The predicted molar refractivity (Wildman–Crippen MR) is 61.6 cm³/mol. The molecule has 0 saturated carbocycles. The summed E-state index contributed by atoms with van der Waals surface area (Å²) in [6.07, 6.45) is -2.54. The average Bonchev–Trinajstić information content (AvgIpc) is 2.38. The Hall–Kier alpha value is -2.44. The first kappa shape index (κ1) is 14.0. The summed E-state index contributed by atoms with van der Waals surface area (Å²) in [5, 5.41) is 8.80. The number of aromatic nitrogens is 1. The minimum absolute atomic E-state index is 0.0364. The minimum atomic E-state index is -4.82. The van der Waals surface area contributed by atoms with Crippen molar-refractivity contribution in [3.05, 3.63) is 53.6 Å². The highest BCUT2D eigenvalue weighted by Crippen LogP contribution is 2.34. The molecular formula is C13H7F4NO2. The van der Waals surface area contributed by atoms with Gasteiger partial charge in [-0.3, -0.25) is 4.98 Å². The number of alkyl halides is 3. The zero-order valence-corrected chi connectivity index (χ0v) is 9.78. The first-order valence-electron chi connectivity index (χ1n) is 5.34. The van der Waals surface area contributed by atoms with Gasteiger partial charge in [-0.05, 0) is 23.8 Å².